The van der Waals surface area contributed by atoms with Gasteiger partial charge >= 0.3 is 0 Å². The molecule has 0 spiro atoms. The van der Waals surface area contributed by atoms with E-state index in [2.05, 4.69) is 16.4 Å². The average Bonchev–Trinajstić information content (AvgIpc) is 2.19. The highest BCUT2D eigenvalue weighted by Gasteiger charge is 2.04. The van der Waals surface area contributed by atoms with E-state index in [0.29, 0.717) is 15.7 Å². The summed E-state index contributed by atoms with van der Waals surface area (Å²) in [4.78, 5) is 0. The highest BCUT2D eigenvalue weighted by molar-refractivity contribution is 6.36. The van der Waals surface area contributed by atoms with Gasteiger partial charge in [0.15, 0.2) is 0 Å². The van der Waals surface area contributed by atoms with Gasteiger partial charge in [-0.3, -0.25) is 0 Å². The van der Waals surface area contributed by atoms with Crippen LogP contribution >= 0.6 is 23.2 Å². The molecule has 1 radical (unpaired) electrons. The minimum atomic E-state index is 0.568. The van der Waals surface area contributed by atoms with Crippen LogP contribution in [0.4, 0.5) is 0 Å². The zero-order valence-corrected chi connectivity index (χ0v) is 8.55. The van der Waals surface area contributed by atoms with Gasteiger partial charge in [0.25, 0.3) is 0 Å². The third-order valence-corrected chi connectivity index (χ3v) is 2.29. The van der Waals surface area contributed by atoms with Crippen LogP contribution in [0.2, 0.25) is 10.0 Å². The van der Waals surface area contributed by atoms with Crippen molar-refractivity contribution in [1.29, 1.82) is 0 Å². The zero-order chi connectivity index (χ0) is 9.97. The molecule has 2 aromatic rings. The molecule has 4 heteroatoms. The minimum absolute atomic E-state index is 0.568. The van der Waals surface area contributed by atoms with Crippen molar-refractivity contribution in [3.63, 3.8) is 0 Å². The third-order valence-electron chi connectivity index (χ3n) is 1.74. The second-order valence-electron chi connectivity index (χ2n) is 2.67. The lowest BCUT2D eigenvalue weighted by Gasteiger charge is -2.01. The van der Waals surface area contributed by atoms with Gasteiger partial charge in [0, 0.05) is 10.6 Å². The maximum atomic E-state index is 6.00. The van der Waals surface area contributed by atoms with Gasteiger partial charge in [-0.15, -0.1) is 10.2 Å². The first-order valence-corrected chi connectivity index (χ1v) is 4.68. The molecule has 0 atom stereocenters. The van der Waals surface area contributed by atoms with Crippen molar-refractivity contribution >= 4 is 23.2 Å². The van der Waals surface area contributed by atoms with Crippen LogP contribution in [-0.2, 0) is 0 Å². The van der Waals surface area contributed by atoms with Crippen LogP contribution in [-0.4, -0.2) is 10.2 Å². The summed E-state index contributed by atoms with van der Waals surface area (Å²) in [7, 11) is 0. The number of hydrogen-bond donors (Lipinski definition) is 0. The first-order chi connectivity index (χ1) is 6.77. The second-order valence-corrected chi connectivity index (χ2v) is 3.52. The smallest absolute Gasteiger partial charge is 0.113 e. The number of hydrogen-bond acceptors (Lipinski definition) is 2. The molecule has 1 heterocycles. The molecule has 0 bridgehead atoms. The summed E-state index contributed by atoms with van der Waals surface area (Å²) in [6.07, 6.45) is 2.60. The molecule has 2 rings (SSSR count). The van der Waals surface area contributed by atoms with Crippen molar-refractivity contribution in [2.24, 2.45) is 0 Å². The van der Waals surface area contributed by atoms with Gasteiger partial charge in [0.2, 0.25) is 0 Å². The number of aromatic nitrogens is 2. The third kappa shape index (κ3) is 1.86. The predicted octanol–water partition coefficient (Wildman–Crippen LogP) is 3.25. The SMILES string of the molecule is Clc1ccc(-c2cc[c]nn2)c(Cl)c1. The molecule has 1 aromatic carbocycles. The Hall–Kier alpha value is -1.12. The van der Waals surface area contributed by atoms with Crippen molar-refractivity contribution in [3.8, 4) is 11.3 Å². The maximum absolute atomic E-state index is 6.00. The first kappa shape index (κ1) is 9.44. The molecule has 0 saturated heterocycles. The fourth-order valence-corrected chi connectivity index (χ4v) is 1.61. The van der Waals surface area contributed by atoms with Gasteiger partial charge in [-0.2, -0.15) is 0 Å². The minimum Gasteiger partial charge on any atom is -0.150 e. The standard InChI is InChI=1S/C10H5Cl2N2/c11-7-3-4-8(9(12)6-7)10-2-1-5-13-14-10/h1-4,6H. The Labute approximate surface area is 91.5 Å². The Morgan fingerprint density at radius 3 is 2.64 bits per heavy atom. The van der Waals surface area contributed by atoms with Gasteiger partial charge in [-0.25, -0.2) is 0 Å². The molecule has 1 aromatic heterocycles. The largest absolute Gasteiger partial charge is 0.150 e. The molecule has 0 aliphatic carbocycles. The van der Waals surface area contributed by atoms with E-state index >= 15 is 0 Å². The maximum Gasteiger partial charge on any atom is 0.113 e. The Balaban J connectivity index is 2.53. The van der Waals surface area contributed by atoms with Crippen molar-refractivity contribution in [2.75, 3.05) is 0 Å². The number of nitrogens with zero attached hydrogens (tertiary/aromatic N) is 2. The molecule has 0 unspecified atom stereocenters. The molecule has 0 fully saturated rings. The molecular formula is C10H5Cl2N2. The molecular weight excluding hydrogens is 219 g/mol. The molecule has 0 aliphatic heterocycles. The van der Waals surface area contributed by atoms with Gasteiger partial charge in [0.05, 0.1) is 10.7 Å². The van der Waals surface area contributed by atoms with E-state index < -0.39 is 0 Å². The van der Waals surface area contributed by atoms with Crippen LogP contribution in [0.25, 0.3) is 11.3 Å². The highest BCUT2D eigenvalue weighted by Crippen LogP contribution is 2.28. The lowest BCUT2D eigenvalue weighted by molar-refractivity contribution is 1.03. The van der Waals surface area contributed by atoms with E-state index in [9.17, 15) is 0 Å². The molecule has 69 valence electrons. The monoisotopic (exact) mass is 223 g/mol. The quantitative estimate of drug-likeness (QED) is 0.742. The summed E-state index contributed by atoms with van der Waals surface area (Å²) >= 11 is 11.8. The summed E-state index contributed by atoms with van der Waals surface area (Å²) in [6, 6.07) is 8.74. The molecule has 2 nitrogen and oxygen atoms in total. The van der Waals surface area contributed by atoms with Crippen LogP contribution in [0, 0.1) is 6.20 Å². The first-order valence-electron chi connectivity index (χ1n) is 3.92. The van der Waals surface area contributed by atoms with Crippen molar-refractivity contribution in [1.82, 2.24) is 10.2 Å². The van der Waals surface area contributed by atoms with Gasteiger partial charge in [-0.05, 0) is 30.3 Å². The summed E-state index contributed by atoms with van der Waals surface area (Å²) in [5.41, 5.74) is 1.53. The fourth-order valence-electron chi connectivity index (χ4n) is 1.11. The second kappa shape index (κ2) is 3.95. The normalized spacial score (nSPS) is 10.1. The Morgan fingerprint density at radius 1 is 1.14 bits per heavy atom. The van der Waals surface area contributed by atoms with Crippen LogP contribution in [0.15, 0.2) is 30.3 Å². The Morgan fingerprint density at radius 2 is 2.00 bits per heavy atom. The Bertz CT molecular complexity index is 443. The molecule has 14 heavy (non-hydrogen) atoms. The van der Waals surface area contributed by atoms with Crippen LogP contribution in [0.5, 0.6) is 0 Å². The van der Waals surface area contributed by atoms with Crippen molar-refractivity contribution < 1.29 is 0 Å². The van der Waals surface area contributed by atoms with Gasteiger partial charge < -0.3 is 0 Å². The van der Waals surface area contributed by atoms with Gasteiger partial charge in [0.1, 0.15) is 6.20 Å². The van der Waals surface area contributed by atoms with Crippen LogP contribution in [0.3, 0.4) is 0 Å². The molecule has 0 N–H and O–H groups in total. The van der Waals surface area contributed by atoms with Crippen molar-refractivity contribution in [2.45, 2.75) is 0 Å². The number of benzene rings is 1. The molecule has 0 amide bonds. The summed E-state index contributed by atoms with van der Waals surface area (Å²) in [6.45, 7) is 0. The molecule has 0 aliphatic rings. The van der Waals surface area contributed by atoms with Crippen LogP contribution in [0.1, 0.15) is 0 Å². The van der Waals surface area contributed by atoms with Gasteiger partial charge in [-0.1, -0.05) is 23.2 Å². The lowest BCUT2D eigenvalue weighted by atomic mass is 10.1. The number of halogens is 2. The average molecular weight is 224 g/mol. The van der Waals surface area contributed by atoms with E-state index in [1.165, 1.54) is 0 Å². The lowest BCUT2D eigenvalue weighted by Crippen LogP contribution is -1.86. The van der Waals surface area contributed by atoms with Crippen LogP contribution < -0.4 is 0 Å². The van der Waals surface area contributed by atoms with E-state index in [0.717, 1.165) is 5.56 Å². The van der Waals surface area contributed by atoms with Crippen molar-refractivity contribution in [3.05, 3.63) is 46.6 Å². The zero-order valence-electron chi connectivity index (χ0n) is 7.04. The fraction of sp³-hybridized carbons (Fsp3) is 0. The highest BCUT2D eigenvalue weighted by atomic mass is 35.5. The van der Waals surface area contributed by atoms with E-state index in [1.54, 1.807) is 24.3 Å². The predicted molar refractivity (Wildman–Crippen MR) is 56.3 cm³/mol. The topological polar surface area (TPSA) is 25.8 Å². The number of rotatable bonds is 1. The molecule has 0 saturated carbocycles. The summed E-state index contributed by atoms with van der Waals surface area (Å²) in [5.74, 6) is 0. The van der Waals surface area contributed by atoms with E-state index in [4.69, 9.17) is 23.2 Å². The summed E-state index contributed by atoms with van der Waals surface area (Å²) < 4.78 is 0. The Kier molecular flexibility index (Phi) is 2.66. The van der Waals surface area contributed by atoms with E-state index in [-0.39, 0.29) is 0 Å². The van der Waals surface area contributed by atoms with E-state index in [1.807, 2.05) is 6.07 Å². The summed E-state index contributed by atoms with van der Waals surface area (Å²) in [5, 5.41) is 8.74.